The summed E-state index contributed by atoms with van der Waals surface area (Å²) in [5.41, 5.74) is 1.08. The first-order valence-corrected chi connectivity index (χ1v) is 5.64. The van der Waals surface area contributed by atoms with Gasteiger partial charge in [-0.15, -0.1) is 0 Å². The molecule has 0 saturated carbocycles. The molecule has 1 heterocycles. The van der Waals surface area contributed by atoms with Crippen molar-refractivity contribution in [1.82, 2.24) is 0 Å². The Bertz CT molecular complexity index is 389. The average molecular weight is 271 g/mol. The molecule has 80 valence electrons. The number of fused-ring (bicyclic) bond motifs is 1. The van der Waals surface area contributed by atoms with Crippen LogP contribution < -0.4 is 4.74 Å². The molecule has 1 aromatic rings. The van der Waals surface area contributed by atoms with Crippen molar-refractivity contribution in [3.05, 3.63) is 28.2 Å². The van der Waals surface area contributed by atoms with Crippen LogP contribution in [-0.2, 0) is 11.2 Å². The van der Waals surface area contributed by atoms with Gasteiger partial charge < -0.3 is 9.84 Å². The molecule has 1 N–H and O–H groups in total. The zero-order valence-corrected chi connectivity index (χ0v) is 9.66. The minimum atomic E-state index is -0.884. The molecule has 3 nitrogen and oxygen atoms in total. The average Bonchev–Trinajstić information content (AvgIpc) is 2.39. The Morgan fingerprint density at radius 3 is 3.07 bits per heavy atom. The minimum absolute atomic E-state index is 0.571. The number of rotatable bonds is 1. The Kier molecular flexibility index (Phi) is 2.95. The summed E-state index contributed by atoms with van der Waals surface area (Å²) in [6.45, 7) is 0. The van der Waals surface area contributed by atoms with Gasteiger partial charge in [-0.25, -0.2) is 4.79 Å². The topological polar surface area (TPSA) is 46.5 Å². The van der Waals surface area contributed by atoms with E-state index >= 15 is 0 Å². The number of carbonyl (C=O) groups is 1. The summed E-state index contributed by atoms with van der Waals surface area (Å²) in [6.07, 6.45) is 1.59. The highest BCUT2D eigenvalue weighted by molar-refractivity contribution is 9.10. The fraction of sp³-hybridized carbons (Fsp3) is 0.364. The highest BCUT2D eigenvalue weighted by atomic mass is 79.9. The molecule has 0 aromatic heterocycles. The molecular formula is C11H11BrO3. The van der Waals surface area contributed by atoms with Gasteiger partial charge in [0, 0.05) is 4.47 Å². The minimum Gasteiger partial charge on any atom is -0.479 e. The third-order valence-electron chi connectivity index (χ3n) is 2.48. The number of aliphatic carboxylic acids is 1. The Morgan fingerprint density at radius 2 is 2.33 bits per heavy atom. The Morgan fingerprint density at radius 1 is 1.53 bits per heavy atom. The van der Waals surface area contributed by atoms with Crippen molar-refractivity contribution < 1.29 is 14.6 Å². The van der Waals surface area contributed by atoms with Crippen molar-refractivity contribution in [2.24, 2.45) is 0 Å². The second-order valence-corrected chi connectivity index (χ2v) is 4.50. The van der Waals surface area contributed by atoms with Crippen LogP contribution in [0.1, 0.15) is 18.4 Å². The van der Waals surface area contributed by atoms with Crippen LogP contribution in [0.4, 0.5) is 0 Å². The molecular weight excluding hydrogens is 260 g/mol. The van der Waals surface area contributed by atoms with Crippen molar-refractivity contribution in [2.75, 3.05) is 0 Å². The molecule has 1 aromatic carbocycles. The molecule has 0 radical (unpaired) electrons. The fourth-order valence-corrected chi connectivity index (χ4v) is 2.13. The number of benzene rings is 1. The molecule has 1 aliphatic heterocycles. The van der Waals surface area contributed by atoms with Gasteiger partial charge in [0.2, 0.25) is 0 Å². The lowest BCUT2D eigenvalue weighted by atomic mass is 10.1. The zero-order chi connectivity index (χ0) is 10.8. The number of hydrogen-bond acceptors (Lipinski definition) is 2. The van der Waals surface area contributed by atoms with Crippen LogP contribution in [0.25, 0.3) is 0 Å². The van der Waals surface area contributed by atoms with Crippen LogP contribution in [-0.4, -0.2) is 17.2 Å². The van der Waals surface area contributed by atoms with Gasteiger partial charge in [0.25, 0.3) is 0 Å². The first kappa shape index (κ1) is 10.5. The van der Waals surface area contributed by atoms with E-state index < -0.39 is 12.1 Å². The SMILES string of the molecule is O=C(O)C1CCCc2cc(Br)ccc2O1. The lowest BCUT2D eigenvalue weighted by Gasteiger charge is -2.12. The predicted molar refractivity (Wildman–Crippen MR) is 59.1 cm³/mol. The molecule has 0 aliphatic carbocycles. The molecule has 0 amide bonds. The van der Waals surface area contributed by atoms with Crippen molar-refractivity contribution in [3.63, 3.8) is 0 Å². The van der Waals surface area contributed by atoms with Crippen LogP contribution in [0.2, 0.25) is 0 Å². The quantitative estimate of drug-likeness (QED) is 0.854. The van der Waals surface area contributed by atoms with Crippen LogP contribution in [0.3, 0.4) is 0 Å². The molecule has 2 rings (SSSR count). The highest BCUT2D eigenvalue weighted by Gasteiger charge is 2.23. The molecule has 0 spiro atoms. The third-order valence-corrected chi connectivity index (χ3v) is 2.97. The number of hydrogen-bond donors (Lipinski definition) is 1. The number of aryl methyl sites for hydroxylation is 1. The van der Waals surface area contributed by atoms with Crippen molar-refractivity contribution >= 4 is 21.9 Å². The lowest BCUT2D eigenvalue weighted by Crippen LogP contribution is -2.25. The normalized spacial score (nSPS) is 19.9. The maximum Gasteiger partial charge on any atom is 0.344 e. The Labute approximate surface area is 96.2 Å². The molecule has 4 heteroatoms. The fourth-order valence-electron chi connectivity index (χ4n) is 1.72. The number of carboxylic acid groups (broad SMARTS) is 1. The molecule has 0 bridgehead atoms. The van der Waals surface area contributed by atoms with Crippen LogP contribution in [0.15, 0.2) is 22.7 Å². The Balaban J connectivity index is 2.29. The zero-order valence-electron chi connectivity index (χ0n) is 8.07. The van der Waals surface area contributed by atoms with E-state index in [0.717, 1.165) is 22.9 Å². The van der Waals surface area contributed by atoms with Crippen molar-refractivity contribution in [2.45, 2.75) is 25.4 Å². The summed E-state index contributed by atoms with van der Waals surface area (Å²) in [7, 11) is 0. The van der Waals surface area contributed by atoms with E-state index in [2.05, 4.69) is 15.9 Å². The molecule has 1 aliphatic rings. The van der Waals surface area contributed by atoms with Crippen LogP contribution >= 0.6 is 15.9 Å². The first-order valence-electron chi connectivity index (χ1n) is 4.85. The van der Waals surface area contributed by atoms with E-state index in [-0.39, 0.29) is 0 Å². The van der Waals surface area contributed by atoms with Gasteiger partial charge in [-0.1, -0.05) is 15.9 Å². The second kappa shape index (κ2) is 4.23. The summed E-state index contributed by atoms with van der Waals surface area (Å²) < 4.78 is 6.45. The van der Waals surface area contributed by atoms with E-state index in [9.17, 15) is 4.79 Å². The van der Waals surface area contributed by atoms with Crippen molar-refractivity contribution in [3.8, 4) is 5.75 Å². The summed E-state index contributed by atoms with van der Waals surface area (Å²) in [4.78, 5) is 10.8. The first-order chi connectivity index (χ1) is 7.16. The number of ether oxygens (including phenoxy) is 1. The second-order valence-electron chi connectivity index (χ2n) is 3.59. The summed E-state index contributed by atoms with van der Waals surface area (Å²) in [5.74, 6) is -0.186. The van der Waals surface area contributed by atoms with E-state index in [1.54, 1.807) is 0 Å². The van der Waals surface area contributed by atoms with Gasteiger partial charge in [-0.3, -0.25) is 0 Å². The molecule has 0 fully saturated rings. The summed E-state index contributed by atoms with van der Waals surface area (Å²) in [5, 5.41) is 8.91. The van der Waals surface area contributed by atoms with E-state index in [1.165, 1.54) is 0 Å². The lowest BCUT2D eigenvalue weighted by molar-refractivity contribution is -0.145. The summed E-state index contributed by atoms with van der Waals surface area (Å²) in [6, 6.07) is 5.67. The standard InChI is InChI=1S/C11H11BrO3/c12-8-4-5-9-7(6-8)2-1-3-10(15-9)11(13)14/h4-6,10H,1-3H2,(H,13,14). The molecule has 0 saturated heterocycles. The maximum atomic E-state index is 10.8. The highest BCUT2D eigenvalue weighted by Crippen LogP contribution is 2.29. The number of carboxylic acids is 1. The summed E-state index contributed by atoms with van der Waals surface area (Å²) >= 11 is 3.39. The monoisotopic (exact) mass is 270 g/mol. The van der Waals surface area contributed by atoms with Gasteiger partial charge in [-0.05, 0) is 43.0 Å². The van der Waals surface area contributed by atoms with Gasteiger partial charge in [0.15, 0.2) is 6.10 Å². The van der Waals surface area contributed by atoms with Gasteiger partial charge in [0.1, 0.15) is 5.75 Å². The van der Waals surface area contributed by atoms with E-state index in [4.69, 9.17) is 9.84 Å². The number of halogens is 1. The molecule has 1 unspecified atom stereocenters. The van der Waals surface area contributed by atoms with Gasteiger partial charge in [0.05, 0.1) is 0 Å². The smallest absolute Gasteiger partial charge is 0.344 e. The van der Waals surface area contributed by atoms with E-state index in [1.807, 2.05) is 18.2 Å². The molecule has 15 heavy (non-hydrogen) atoms. The van der Waals surface area contributed by atoms with Crippen molar-refractivity contribution in [1.29, 1.82) is 0 Å². The van der Waals surface area contributed by atoms with Gasteiger partial charge in [-0.2, -0.15) is 0 Å². The predicted octanol–water partition coefficient (Wildman–Crippen LogP) is 2.62. The van der Waals surface area contributed by atoms with Crippen LogP contribution in [0.5, 0.6) is 5.75 Å². The third kappa shape index (κ3) is 2.31. The van der Waals surface area contributed by atoms with Crippen LogP contribution in [0, 0.1) is 0 Å². The largest absolute Gasteiger partial charge is 0.479 e. The molecule has 1 atom stereocenters. The Hall–Kier alpha value is -1.03. The van der Waals surface area contributed by atoms with E-state index in [0.29, 0.717) is 12.2 Å². The maximum absolute atomic E-state index is 10.8. The van der Waals surface area contributed by atoms with Gasteiger partial charge >= 0.3 is 5.97 Å².